The smallest absolute Gasteiger partial charge is 0.338 e. The van der Waals surface area contributed by atoms with Gasteiger partial charge in [-0.05, 0) is 62.3 Å². The average molecular weight is 494 g/mol. The Kier molecular flexibility index (Phi) is 7.44. The number of imide groups is 1. The number of primary amides is 1. The van der Waals surface area contributed by atoms with Crippen molar-refractivity contribution in [3.05, 3.63) is 59.7 Å². The van der Waals surface area contributed by atoms with E-state index < -0.39 is 18.6 Å². The third kappa shape index (κ3) is 5.28. The Hall–Kier alpha value is -4.05. The molecule has 1 atom stereocenters. The summed E-state index contributed by atoms with van der Waals surface area (Å²) in [5.41, 5.74) is 6.27. The third-order valence-electron chi connectivity index (χ3n) is 6.58. The van der Waals surface area contributed by atoms with Crippen LogP contribution in [-0.2, 0) is 19.1 Å². The predicted molar refractivity (Wildman–Crippen MR) is 128 cm³/mol. The molecule has 2 N–H and O–H groups in total. The van der Waals surface area contributed by atoms with Crippen molar-refractivity contribution in [1.29, 1.82) is 0 Å². The van der Waals surface area contributed by atoms with Crippen LogP contribution in [0.2, 0.25) is 0 Å². The summed E-state index contributed by atoms with van der Waals surface area (Å²) in [5.74, 6) is -1.77. The molecule has 36 heavy (non-hydrogen) atoms. The molecule has 10 heteroatoms. The standard InChI is InChI=1S/C26H27N3O7/c1-35-20-4-2-3-18(13-20)22(30)15-36-26(34)17-5-7-19(8-6-17)29-23(31)14-21(25(29)33)28-11-9-16(10-12-28)24(27)32/h2-8,13,16,21H,9-12,14-15H2,1H3,(H2,27,32). The van der Waals surface area contributed by atoms with Gasteiger partial charge in [0, 0.05) is 11.5 Å². The van der Waals surface area contributed by atoms with Crippen LogP contribution < -0.4 is 15.4 Å². The number of methoxy groups -OCH3 is 1. The second-order valence-corrected chi connectivity index (χ2v) is 8.78. The predicted octanol–water partition coefficient (Wildman–Crippen LogP) is 1.56. The van der Waals surface area contributed by atoms with Crippen LogP contribution >= 0.6 is 0 Å². The highest BCUT2D eigenvalue weighted by atomic mass is 16.5. The van der Waals surface area contributed by atoms with E-state index in [1.165, 1.54) is 31.4 Å². The van der Waals surface area contributed by atoms with Gasteiger partial charge in [-0.2, -0.15) is 0 Å². The van der Waals surface area contributed by atoms with Crippen LogP contribution in [0.3, 0.4) is 0 Å². The normalized spacial score (nSPS) is 18.8. The summed E-state index contributed by atoms with van der Waals surface area (Å²) >= 11 is 0. The zero-order chi connectivity index (χ0) is 25.8. The summed E-state index contributed by atoms with van der Waals surface area (Å²) in [4.78, 5) is 64.9. The van der Waals surface area contributed by atoms with Gasteiger partial charge in [0.1, 0.15) is 5.75 Å². The molecule has 2 aromatic carbocycles. The van der Waals surface area contributed by atoms with Crippen LogP contribution in [0.1, 0.15) is 40.0 Å². The first-order valence-electron chi connectivity index (χ1n) is 11.6. The number of piperidine rings is 1. The Morgan fingerprint density at radius 2 is 1.69 bits per heavy atom. The number of benzene rings is 2. The van der Waals surface area contributed by atoms with Crippen LogP contribution in [0.25, 0.3) is 0 Å². The van der Waals surface area contributed by atoms with Crippen molar-refractivity contribution in [2.24, 2.45) is 11.7 Å². The molecule has 2 heterocycles. The van der Waals surface area contributed by atoms with Gasteiger partial charge < -0.3 is 15.2 Å². The van der Waals surface area contributed by atoms with E-state index in [4.69, 9.17) is 15.2 Å². The van der Waals surface area contributed by atoms with Crippen LogP contribution in [0, 0.1) is 5.92 Å². The SMILES string of the molecule is COc1cccc(C(=O)COC(=O)c2ccc(N3C(=O)CC(N4CCC(C(N)=O)CC4)C3=O)cc2)c1. The monoisotopic (exact) mass is 493 g/mol. The molecule has 0 aliphatic carbocycles. The molecule has 2 fully saturated rings. The van der Waals surface area contributed by atoms with Gasteiger partial charge >= 0.3 is 5.97 Å². The molecule has 0 aromatic heterocycles. The first-order chi connectivity index (χ1) is 17.3. The molecule has 2 aromatic rings. The lowest BCUT2D eigenvalue weighted by atomic mass is 9.95. The molecule has 10 nitrogen and oxygen atoms in total. The Morgan fingerprint density at radius 1 is 1.00 bits per heavy atom. The maximum atomic E-state index is 13.0. The van der Waals surface area contributed by atoms with Crippen molar-refractivity contribution in [3.63, 3.8) is 0 Å². The molecular formula is C26H27N3O7. The fraction of sp³-hybridized carbons (Fsp3) is 0.346. The zero-order valence-electron chi connectivity index (χ0n) is 19.8. The Labute approximate surface area is 207 Å². The number of amides is 3. The third-order valence-corrected chi connectivity index (χ3v) is 6.58. The summed E-state index contributed by atoms with van der Waals surface area (Å²) in [6, 6.07) is 11.8. The average Bonchev–Trinajstić information content (AvgIpc) is 3.20. The van der Waals surface area contributed by atoms with Crippen LogP contribution in [0.4, 0.5) is 5.69 Å². The van der Waals surface area contributed by atoms with Gasteiger partial charge in [0.05, 0.1) is 30.8 Å². The summed E-state index contributed by atoms with van der Waals surface area (Å²) in [6.07, 6.45) is 1.17. The number of likely N-dealkylation sites (tertiary alicyclic amines) is 1. The molecule has 3 amide bonds. The number of nitrogens with zero attached hydrogens (tertiary/aromatic N) is 2. The van der Waals surface area contributed by atoms with E-state index in [0.717, 1.165) is 4.90 Å². The fourth-order valence-electron chi connectivity index (χ4n) is 4.51. The summed E-state index contributed by atoms with van der Waals surface area (Å²) in [5, 5.41) is 0. The van der Waals surface area contributed by atoms with E-state index in [-0.39, 0.29) is 41.4 Å². The van der Waals surface area contributed by atoms with Crippen LogP contribution in [0.15, 0.2) is 48.5 Å². The maximum absolute atomic E-state index is 13.0. The van der Waals surface area contributed by atoms with E-state index in [1.54, 1.807) is 24.3 Å². The molecule has 0 spiro atoms. The fourth-order valence-corrected chi connectivity index (χ4v) is 4.51. The Morgan fingerprint density at radius 3 is 2.33 bits per heavy atom. The lowest BCUT2D eigenvalue weighted by molar-refractivity contribution is -0.124. The van der Waals surface area contributed by atoms with E-state index >= 15 is 0 Å². The van der Waals surface area contributed by atoms with E-state index in [2.05, 4.69) is 0 Å². The summed E-state index contributed by atoms with van der Waals surface area (Å²) in [7, 11) is 1.49. The first-order valence-corrected chi connectivity index (χ1v) is 11.6. The molecule has 2 saturated heterocycles. The number of hydrogen-bond donors (Lipinski definition) is 1. The molecule has 0 saturated carbocycles. The number of esters is 1. The molecule has 4 rings (SSSR count). The molecular weight excluding hydrogens is 466 g/mol. The highest BCUT2D eigenvalue weighted by molar-refractivity contribution is 6.22. The van der Waals surface area contributed by atoms with Gasteiger partial charge in [0.15, 0.2) is 12.4 Å². The second kappa shape index (κ2) is 10.7. The highest BCUT2D eigenvalue weighted by Crippen LogP contribution is 2.29. The van der Waals surface area contributed by atoms with Crippen molar-refractivity contribution in [2.75, 3.05) is 31.7 Å². The van der Waals surface area contributed by atoms with Gasteiger partial charge in [-0.1, -0.05) is 12.1 Å². The number of ether oxygens (including phenoxy) is 2. The van der Waals surface area contributed by atoms with E-state index in [9.17, 15) is 24.0 Å². The highest BCUT2D eigenvalue weighted by Gasteiger charge is 2.43. The second-order valence-electron chi connectivity index (χ2n) is 8.78. The minimum Gasteiger partial charge on any atom is -0.497 e. The Bertz CT molecular complexity index is 1190. The van der Waals surface area contributed by atoms with Crippen molar-refractivity contribution in [1.82, 2.24) is 4.90 Å². The topological polar surface area (TPSA) is 136 Å². The first kappa shape index (κ1) is 25.1. The molecule has 2 aliphatic rings. The van der Waals surface area contributed by atoms with Gasteiger partial charge in [-0.3, -0.25) is 24.1 Å². The van der Waals surface area contributed by atoms with Gasteiger partial charge in [0.25, 0.3) is 5.91 Å². The number of anilines is 1. The molecule has 0 radical (unpaired) electrons. The van der Waals surface area contributed by atoms with Gasteiger partial charge in [0.2, 0.25) is 11.8 Å². The number of hydrogen-bond acceptors (Lipinski definition) is 8. The number of carbonyl (C=O) groups is 5. The summed E-state index contributed by atoms with van der Waals surface area (Å²) in [6.45, 7) is 0.597. The minimum atomic E-state index is -0.702. The quantitative estimate of drug-likeness (QED) is 0.332. The molecule has 2 aliphatic heterocycles. The van der Waals surface area contributed by atoms with Crippen molar-refractivity contribution >= 4 is 35.2 Å². The minimum absolute atomic E-state index is 0.0518. The zero-order valence-corrected chi connectivity index (χ0v) is 19.8. The number of carbonyl (C=O) groups excluding carboxylic acids is 5. The number of nitrogens with two attached hydrogens (primary N) is 1. The number of rotatable bonds is 8. The molecule has 188 valence electrons. The van der Waals surface area contributed by atoms with Crippen LogP contribution in [-0.4, -0.2) is 67.2 Å². The van der Waals surface area contributed by atoms with Crippen molar-refractivity contribution in [3.8, 4) is 5.75 Å². The van der Waals surface area contributed by atoms with E-state index in [0.29, 0.717) is 42.9 Å². The lowest BCUT2D eigenvalue weighted by Crippen LogP contribution is -2.47. The Balaban J connectivity index is 1.35. The van der Waals surface area contributed by atoms with Gasteiger partial charge in [-0.25, -0.2) is 9.69 Å². The molecule has 0 bridgehead atoms. The van der Waals surface area contributed by atoms with Gasteiger partial charge in [-0.15, -0.1) is 0 Å². The maximum Gasteiger partial charge on any atom is 0.338 e. The molecule has 1 unspecified atom stereocenters. The lowest BCUT2D eigenvalue weighted by Gasteiger charge is -2.33. The summed E-state index contributed by atoms with van der Waals surface area (Å²) < 4.78 is 10.2. The van der Waals surface area contributed by atoms with Crippen molar-refractivity contribution in [2.45, 2.75) is 25.3 Å². The van der Waals surface area contributed by atoms with Crippen LogP contribution in [0.5, 0.6) is 5.75 Å². The van der Waals surface area contributed by atoms with Crippen molar-refractivity contribution < 1.29 is 33.4 Å². The van der Waals surface area contributed by atoms with E-state index in [1.807, 2.05) is 4.90 Å². The largest absolute Gasteiger partial charge is 0.497 e. The number of ketones is 1. The number of Topliss-reactive ketones (excluding diaryl/α,β-unsaturated/α-hetero) is 1.